The zero-order chi connectivity index (χ0) is 16.8. The second-order valence-corrected chi connectivity index (χ2v) is 5.83. The maximum atomic E-state index is 12.9. The summed E-state index contributed by atoms with van der Waals surface area (Å²) in [5.41, 5.74) is 2.37. The summed E-state index contributed by atoms with van der Waals surface area (Å²) >= 11 is 0. The molecule has 0 saturated carbocycles. The number of fused-ring (bicyclic) bond motifs is 1. The van der Waals surface area contributed by atoms with Gasteiger partial charge in [0.15, 0.2) is 0 Å². The average molecular weight is 319 g/mol. The lowest BCUT2D eigenvalue weighted by molar-refractivity contribution is 0.0735. The number of nitrogens with zero attached hydrogens (tertiary/aromatic N) is 3. The Hall–Kier alpha value is -2.75. The third-order valence-electron chi connectivity index (χ3n) is 3.98. The molecule has 0 spiro atoms. The Morgan fingerprint density at radius 1 is 1.08 bits per heavy atom. The van der Waals surface area contributed by atoms with Crippen molar-refractivity contribution in [2.24, 2.45) is 0 Å². The first-order valence-electron chi connectivity index (χ1n) is 8.32. The summed E-state index contributed by atoms with van der Waals surface area (Å²) in [7, 11) is 0. The van der Waals surface area contributed by atoms with Crippen molar-refractivity contribution in [1.82, 2.24) is 14.9 Å². The Kier molecular flexibility index (Phi) is 5.16. The van der Waals surface area contributed by atoms with Gasteiger partial charge in [-0.15, -0.1) is 0 Å². The Bertz CT molecular complexity index is 817. The van der Waals surface area contributed by atoms with Crippen LogP contribution in [0.3, 0.4) is 0 Å². The van der Waals surface area contributed by atoms with Gasteiger partial charge in [-0.2, -0.15) is 0 Å². The van der Waals surface area contributed by atoms with Crippen LogP contribution in [-0.4, -0.2) is 27.3 Å². The van der Waals surface area contributed by atoms with E-state index in [4.69, 9.17) is 0 Å². The third kappa shape index (κ3) is 3.77. The minimum Gasteiger partial charge on any atom is -0.333 e. The van der Waals surface area contributed by atoms with Crippen molar-refractivity contribution < 1.29 is 4.79 Å². The normalized spacial score (nSPS) is 10.7. The molecule has 2 heterocycles. The van der Waals surface area contributed by atoms with Crippen LogP contribution in [0.15, 0.2) is 60.9 Å². The lowest BCUT2D eigenvalue weighted by Gasteiger charge is -2.22. The molecule has 122 valence electrons. The van der Waals surface area contributed by atoms with E-state index in [0.717, 1.165) is 35.9 Å². The van der Waals surface area contributed by atoms with Gasteiger partial charge in [-0.1, -0.05) is 43.7 Å². The van der Waals surface area contributed by atoms with Gasteiger partial charge in [0.1, 0.15) is 5.69 Å². The maximum absolute atomic E-state index is 12.9. The standard InChI is InChI=1S/C20H21N3O/c1-2-3-13-23(15-16-7-6-12-21-14-16)20(24)19-11-10-17-8-4-5-9-18(17)22-19/h4-12,14H,2-3,13,15H2,1H3. The SMILES string of the molecule is CCCCN(Cc1cccnc1)C(=O)c1ccc2ccccc2n1. The number of hydrogen-bond acceptors (Lipinski definition) is 3. The highest BCUT2D eigenvalue weighted by molar-refractivity contribution is 5.94. The van der Waals surface area contributed by atoms with Crippen LogP contribution in [0.2, 0.25) is 0 Å². The predicted octanol–water partition coefficient (Wildman–Crippen LogP) is 4.07. The summed E-state index contributed by atoms with van der Waals surface area (Å²) in [5, 5.41) is 1.04. The second kappa shape index (κ2) is 7.68. The van der Waals surface area contributed by atoms with Gasteiger partial charge < -0.3 is 4.90 Å². The van der Waals surface area contributed by atoms with E-state index in [1.165, 1.54) is 0 Å². The summed E-state index contributed by atoms with van der Waals surface area (Å²) in [5.74, 6) is -0.0296. The van der Waals surface area contributed by atoms with Crippen LogP contribution >= 0.6 is 0 Å². The number of carbonyl (C=O) groups excluding carboxylic acids is 1. The molecule has 4 heteroatoms. The van der Waals surface area contributed by atoms with Crippen LogP contribution in [-0.2, 0) is 6.54 Å². The van der Waals surface area contributed by atoms with Crippen molar-refractivity contribution in [3.63, 3.8) is 0 Å². The quantitative estimate of drug-likeness (QED) is 0.688. The highest BCUT2D eigenvalue weighted by Crippen LogP contribution is 2.15. The highest BCUT2D eigenvalue weighted by Gasteiger charge is 2.17. The number of hydrogen-bond donors (Lipinski definition) is 0. The third-order valence-corrected chi connectivity index (χ3v) is 3.98. The predicted molar refractivity (Wildman–Crippen MR) is 95.6 cm³/mol. The molecule has 1 amide bonds. The van der Waals surface area contributed by atoms with E-state index in [0.29, 0.717) is 12.2 Å². The summed E-state index contributed by atoms with van der Waals surface area (Å²) < 4.78 is 0. The van der Waals surface area contributed by atoms with Gasteiger partial charge in [0.25, 0.3) is 5.91 Å². The Morgan fingerprint density at radius 3 is 2.75 bits per heavy atom. The first kappa shape index (κ1) is 16.1. The van der Waals surface area contributed by atoms with Crippen LogP contribution in [0, 0.1) is 0 Å². The molecule has 0 saturated heterocycles. The second-order valence-electron chi connectivity index (χ2n) is 5.83. The molecule has 0 atom stereocenters. The molecular weight excluding hydrogens is 298 g/mol. The molecule has 0 fully saturated rings. The van der Waals surface area contributed by atoms with Crippen LogP contribution in [0.1, 0.15) is 35.8 Å². The van der Waals surface area contributed by atoms with Gasteiger partial charge in [-0.25, -0.2) is 4.98 Å². The number of rotatable bonds is 6. The monoisotopic (exact) mass is 319 g/mol. The van der Waals surface area contributed by atoms with E-state index in [2.05, 4.69) is 16.9 Å². The van der Waals surface area contributed by atoms with E-state index in [-0.39, 0.29) is 5.91 Å². The molecule has 0 aliphatic heterocycles. The van der Waals surface area contributed by atoms with Gasteiger partial charge in [0.05, 0.1) is 5.52 Å². The largest absolute Gasteiger partial charge is 0.333 e. The van der Waals surface area contributed by atoms with Gasteiger partial charge in [0.2, 0.25) is 0 Å². The zero-order valence-electron chi connectivity index (χ0n) is 13.9. The summed E-state index contributed by atoms with van der Waals surface area (Å²) in [6, 6.07) is 15.5. The van der Waals surface area contributed by atoms with Gasteiger partial charge in [-0.05, 0) is 30.2 Å². The van der Waals surface area contributed by atoms with E-state index in [9.17, 15) is 4.79 Å². The minimum absolute atomic E-state index is 0.0296. The Labute approximate surface area is 142 Å². The van der Waals surface area contributed by atoms with Crippen LogP contribution in [0.5, 0.6) is 0 Å². The molecule has 24 heavy (non-hydrogen) atoms. The first-order valence-corrected chi connectivity index (χ1v) is 8.32. The van der Waals surface area contributed by atoms with E-state index >= 15 is 0 Å². The van der Waals surface area contributed by atoms with Crippen LogP contribution in [0.25, 0.3) is 10.9 Å². The smallest absolute Gasteiger partial charge is 0.272 e. The fraction of sp³-hybridized carbons (Fsp3) is 0.250. The van der Waals surface area contributed by atoms with Gasteiger partial charge >= 0.3 is 0 Å². The van der Waals surface area contributed by atoms with Crippen molar-refractivity contribution in [2.75, 3.05) is 6.54 Å². The minimum atomic E-state index is -0.0296. The highest BCUT2D eigenvalue weighted by atomic mass is 16.2. The van der Waals surface area contributed by atoms with Crippen molar-refractivity contribution in [1.29, 1.82) is 0 Å². The fourth-order valence-corrected chi connectivity index (χ4v) is 2.66. The van der Waals surface area contributed by atoms with E-state index < -0.39 is 0 Å². The number of unbranched alkanes of at least 4 members (excludes halogenated alkanes) is 1. The van der Waals surface area contributed by atoms with Crippen molar-refractivity contribution in [3.05, 3.63) is 72.2 Å². The molecule has 0 unspecified atom stereocenters. The average Bonchev–Trinajstić information content (AvgIpc) is 2.65. The zero-order valence-corrected chi connectivity index (χ0v) is 13.9. The van der Waals surface area contributed by atoms with Gasteiger partial charge in [0, 0.05) is 30.9 Å². The maximum Gasteiger partial charge on any atom is 0.272 e. The molecule has 1 aromatic carbocycles. The number of pyridine rings is 2. The molecule has 0 N–H and O–H groups in total. The molecule has 2 aromatic heterocycles. The van der Waals surface area contributed by atoms with Crippen LogP contribution < -0.4 is 0 Å². The van der Waals surface area contributed by atoms with Crippen LogP contribution in [0.4, 0.5) is 0 Å². The van der Waals surface area contributed by atoms with Gasteiger partial charge in [-0.3, -0.25) is 9.78 Å². The number of amides is 1. The summed E-state index contributed by atoms with van der Waals surface area (Å²) in [6.45, 7) is 3.40. The Balaban J connectivity index is 1.85. The lowest BCUT2D eigenvalue weighted by Crippen LogP contribution is -2.32. The van der Waals surface area contributed by atoms with E-state index in [1.807, 2.05) is 53.4 Å². The topological polar surface area (TPSA) is 46.1 Å². The molecule has 3 aromatic rings. The van der Waals surface area contributed by atoms with Crippen molar-refractivity contribution >= 4 is 16.8 Å². The molecule has 0 aliphatic rings. The molecule has 0 aliphatic carbocycles. The van der Waals surface area contributed by atoms with E-state index in [1.54, 1.807) is 12.4 Å². The van der Waals surface area contributed by atoms with Crippen molar-refractivity contribution in [3.8, 4) is 0 Å². The molecule has 0 bridgehead atoms. The molecule has 3 rings (SSSR count). The molecule has 0 radical (unpaired) electrons. The number of benzene rings is 1. The van der Waals surface area contributed by atoms with Crippen molar-refractivity contribution in [2.45, 2.75) is 26.3 Å². The summed E-state index contributed by atoms with van der Waals surface area (Å²) in [4.78, 5) is 23.5. The summed E-state index contributed by atoms with van der Waals surface area (Å²) in [6.07, 6.45) is 5.56. The lowest BCUT2D eigenvalue weighted by atomic mass is 10.2. The Morgan fingerprint density at radius 2 is 1.96 bits per heavy atom. The number of carbonyl (C=O) groups is 1. The fourth-order valence-electron chi connectivity index (χ4n) is 2.66. The first-order chi connectivity index (χ1) is 11.8. The molecule has 4 nitrogen and oxygen atoms in total. The number of para-hydroxylation sites is 1. The number of aromatic nitrogens is 2. The molecular formula is C20H21N3O.